The first-order chi connectivity index (χ1) is 22.3. The second-order valence-electron chi connectivity index (χ2n) is 14.5. The summed E-state index contributed by atoms with van der Waals surface area (Å²) in [4.78, 5) is 3.36. The molecule has 0 spiro atoms. The van der Waals surface area contributed by atoms with Gasteiger partial charge in [-0.3, -0.25) is 4.98 Å². The van der Waals surface area contributed by atoms with E-state index < -0.39 is 0 Å². The van der Waals surface area contributed by atoms with Crippen LogP contribution >= 0.6 is 0 Å². The molecular weight excluding hydrogens is 544 g/mol. The van der Waals surface area contributed by atoms with Crippen LogP contribution < -0.4 is 4.57 Å². The molecule has 2 rings (SSSR count). The number of rotatable bonds is 33. The predicted octanol–water partition coefficient (Wildman–Crippen LogP) is 14.1. The number of H-pyrrole nitrogens is 1. The molecule has 2 unspecified atom stereocenters. The molecule has 0 fully saturated rings. The van der Waals surface area contributed by atoms with Crippen LogP contribution in [-0.4, -0.2) is 4.98 Å². The third-order valence-electron chi connectivity index (χ3n) is 10.4. The molecule has 258 valence electrons. The van der Waals surface area contributed by atoms with Gasteiger partial charge >= 0.3 is 0 Å². The summed E-state index contributed by atoms with van der Waals surface area (Å²) in [7, 11) is 0. The first kappa shape index (κ1) is 39.6. The Morgan fingerprint density at radius 2 is 0.889 bits per heavy atom. The number of aromatic amines is 1. The molecule has 45 heavy (non-hydrogen) atoms. The van der Waals surface area contributed by atoms with Crippen molar-refractivity contribution in [3.8, 4) is 0 Å². The smallest absolute Gasteiger partial charge is 0.241 e. The van der Waals surface area contributed by atoms with Crippen molar-refractivity contribution in [2.24, 2.45) is 5.92 Å². The lowest BCUT2D eigenvalue weighted by atomic mass is 9.84. The van der Waals surface area contributed by atoms with Crippen LogP contribution in [0.1, 0.15) is 212 Å². The zero-order valence-electron chi connectivity index (χ0n) is 30.4. The summed E-state index contributed by atoms with van der Waals surface area (Å²) >= 11 is 0. The molecule has 2 aromatic rings. The van der Waals surface area contributed by atoms with Crippen LogP contribution in [-0.2, 0) is 6.42 Å². The maximum atomic E-state index is 3.36. The average molecular weight is 622 g/mol. The second-order valence-corrected chi connectivity index (χ2v) is 14.5. The molecule has 2 atom stereocenters. The van der Waals surface area contributed by atoms with Gasteiger partial charge in [-0.05, 0) is 31.2 Å². The van der Waals surface area contributed by atoms with Gasteiger partial charge in [0.1, 0.15) is 18.4 Å². The molecule has 1 aromatic heterocycles. The molecule has 0 aliphatic carbocycles. The van der Waals surface area contributed by atoms with Crippen molar-refractivity contribution in [2.75, 3.05) is 0 Å². The van der Waals surface area contributed by atoms with Crippen molar-refractivity contribution < 1.29 is 4.57 Å². The monoisotopic (exact) mass is 622 g/mol. The van der Waals surface area contributed by atoms with E-state index in [0.29, 0.717) is 12.0 Å². The fourth-order valence-electron chi connectivity index (χ4n) is 7.46. The zero-order valence-corrected chi connectivity index (χ0v) is 30.4. The molecule has 1 aromatic carbocycles. The van der Waals surface area contributed by atoms with Crippen LogP contribution in [0.4, 0.5) is 0 Å². The van der Waals surface area contributed by atoms with Gasteiger partial charge in [-0.2, -0.15) is 0 Å². The Balaban J connectivity index is 1.64. The molecular formula is C43H77N2+. The summed E-state index contributed by atoms with van der Waals surface area (Å²) in [6.45, 7) is 4.62. The summed E-state index contributed by atoms with van der Waals surface area (Å²) in [5.41, 5.74) is 1.51. The van der Waals surface area contributed by atoms with Gasteiger partial charge in [0.25, 0.3) is 0 Å². The molecule has 0 aliphatic rings. The Hall–Kier alpha value is -1.57. The Morgan fingerprint density at radius 1 is 0.489 bits per heavy atom. The number of hydrogen-bond acceptors (Lipinski definition) is 0. The third kappa shape index (κ3) is 21.8. The van der Waals surface area contributed by atoms with Gasteiger partial charge in [0, 0.05) is 5.92 Å². The highest BCUT2D eigenvalue weighted by atomic mass is 15.1. The van der Waals surface area contributed by atoms with E-state index in [1.54, 1.807) is 0 Å². The van der Waals surface area contributed by atoms with E-state index in [4.69, 9.17) is 0 Å². The van der Waals surface area contributed by atoms with Crippen molar-refractivity contribution in [2.45, 2.75) is 213 Å². The first-order valence-corrected chi connectivity index (χ1v) is 20.4. The SMILES string of the molecule is CCCCCCCCCCCCCCCCCCCC(Cc1ccccc1)C(CCCCCCCCCCCC)[n+]1cc[nH]c1. The van der Waals surface area contributed by atoms with Crippen LogP contribution in [0, 0.1) is 5.92 Å². The molecule has 2 heteroatoms. The van der Waals surface area contributed by atoms with E-state index in [0.717, 1.165) is 0 Å². The van der Waals surface area contributed by atoms with Gasteiger partial charge in [0.05, 0.1) is 0 Å². The molecule has 0 saturated carbocycles. The van der Waals surface area contributed by atoms with Crippen LogP contribution in [0.2, 0.25) is 0 Å². The maximum absolute atomic E-state index is 3.36. The van der Waals surface area contributed by atoms with Gasteiger partial charge in [0.15, 0.2) is 0 Å². The molecule has 2 nitrogen and oxygen atoms in total. The van der Waals surface area contributed by atoms with Gasteiger partial charge in [-0.15, -0.1) is 0 Å². The lowest BCUT2D eigenvalue weighted by Crippen LogP contribution is -2.42. The van der Waals surface area contributed by atoms with Crippen LogP contribution in [0.3, 0.4) is 0 Å². The van der Waals surface area contributed by atoms with Crippen LogP contribution in [0.25, 0.3) is 0 Å². The van der Waals surface area contributed by atoms with Crippen molar-refractivity contribution in [3.05, 3.63) is 54.6 Å². The quantitative estimate of drug-likeness (QED) is 0.0604. The highest BCUT2D eigenvalue weighted by molar-refractivity contribution is 5.15. The number of unbranched alkanes of at least 4 members (excludes halogenated alkanes) is 25. The number of hydrogen-bond donors (Lipinski definition) is 1. The molecule has 0 saturated heterocycles. The Kier molecular flexibility index (Phi) is 26.2. The van der Waals surface area contributed by atoms with Crippen LogP contribution in [0.5, 0.6) is 0 Å². The molecule has 0 aliphatic heterocycles. The van der Waals surface area contributed by atoms with E-state index >= 15 is 0 Å². The average Bonchev–Trinajstić information content (AvgIpc) is 3.60. The Bertz CT molecular complexity index is 829. The third-order valence-corrected chi connectivity index (χ3v) is 10.4. The Morgan fingerprint density at radius 3 is 1.29 bits per heavy atom. The summed E-state index contributed by atoms with van der Waals surface area (Å²) in [5.74, 6) is 0.711. The van der Waals surface area contributed by atoms with E-state index in [2.05, 4.69) is 72.5 Å². The topological polar surface area (TPSA) is 19.7 Å². The van der Waals surface area contributed by atoms with E-state index in [-0.39, 0.29) is 0 Å². The van der Waals surface area contributed by atoms with Crippen molar-refractivity contribution in [3.63, 3.8) is 0 Å². The summed E-state index contributed by atoms with van der Waals surface area (Å²) in [6, 6.07) is 11.9. The van der Waals surface area contributed by atoms with Gasteiger partial charge in [0.2, 0.25) is 6.33 Å². The largest absolute Gasteiger partial charge is 0.250 e. The standard InChI is InChI=1S/C43H76N2/c1-3-5-7-9-11-13-15-16-17-18-19-20-21-22-24-26-31-35-42(39-41-33-29-28-30-34-41)43(45-38-37-44-40-45)36-32-27-25-23-14-12-10-8-6-4-2/h28-30,33-34,37-38,40,42-43H,3-27,31-32,35-36,39H2,1-2H3/p+1. The van der Waals surface area contributed by atoms with Gasteiger partial charge in [-0.25, -0.2) is 4.57 Å². The molecule has 1 N–H and O–H groups in total. The molecule has 1 heterocycles. The van der Waals surface area contributed by atoms with Gasteiger partial charge < -0.3 is 0 Å². The molecule has 0 radical (unpaired) electrons. The van der Waals surface area contributed by atoms with Crippen molar-refractivity contribution in [1.29, 1.82) is 0 Å². The number of nitrogens with zero attached hydrogens (tertiary/aromatic N) is 1. The van der Waals surface area contributed by atoms with Crippen LogP contribution in [0.15, 0.2) is 49.1 Å². The number of benzene rings is 1. The van der Waals surface area contributed by atoms with E-state index in [1.165, 1.54) is 198 Å². The fourth-order valence-corrected chi connectivity index (χ4v) is 7.46. The first-order valence-electron chi connectivity index (χ1n) is 20.4. The molecule has 0 bridgehead atoms. The Labute approximate surface area is 282 Å². The second kappa shape index (κ2) is 29.8. The minimum atomic E-state index is 0.603. The number of nitrogens with one attached hydrogen (secondary N) is 1. The summed E-state index contributed by atoms with van der Waals surface area (Å²) < 4.78 is 2.51. The molecule has 0 amide bonds. The minimum Gasteiger partial charge on any atom is -0.250 e. The normalized spacial score (nSPS) is 12.9. The van der Waals surface area contributed by atoms with Gasteiger partial charge in [-0.1, -0.05) is 211 Å². The highest BCUT2D eigenvalue weighted by Gasteiger charge is 2.26. The fraction of sp³-hybridized carbons (Fsp3) is 0.791. The predicted molar refractivity (Wildman–Crippen MR) is 199 cm³/mol. The van der Waals surface area contributed by atoms with Crippen molar-refractivity contribution >= 4 is 0 Å². The lowest BCUT2D eigenvalue weighted by molar-refractivity contribution is -0.730. The number of imidazole rings is 1. The lowest BCUT2D eigenvalue weighted by Gasteiger charge is -2.25. The zero-order chi connectivity index (χ0) is 31.9. The van der Waals surface area contributed by atoms with E-state index in [1.807, 2.05) is 0 Å². The summed E-state index contributed by atoms with van der Waals surface area (Å²) in [6.07, 6.45) is 49.2. The maximum Gasteiger partial charge on any atom is 0.241 e. The number of aromatic nitrogens is 2. The summed E-state index contributed by atoms with van der Waals surface area (Å²) in [5, 5.41) is 0. The van der Waals surface area contributed by atoms with Crippen molar-refractivity contribution in [1.82, 2.24) is 4.98 Å². The highest BCUT2D eigenvalue weighted by Crippen LogP contribution is 2.29. The minimum absolute atomic E-state index is 0.603. The van der Waals surface area contributed by atoms with E-state index in [9.17, 15) is 0 Å².